The number of hydrogen-bond acceptors (Lipinski definition) is 6. The van der Waals surface area contributed by atoms with Gasteiger partial charge in [-0.05, 0) is 32.0 Å². The number of amides is 2. The highest BCUT2D eigenvalue weighted by molar-refractivity contribution is 5.98. The standard InChI is InChI=1S/C21H33N3O5/c1-14-10-23(3)15(2)12-29-18-9-16(22-20(25)13-27-5)7-8-17(18)21(26)24(4)11-19(14)28-6/h7-9,14-15,19H,10-13H2,1-6H3,(H,22,25)/t14-,15-,19+/m0/s1. The second-order valence-corrected chi connectivity index (χ2v) is 7.73. The van der Waals surface area contributed by atoms with Gasteiger partial charge in [0.15, 0.2) is 0 Å². The summed E-state index contributed by atoms with van der Waals surface area (Å²) in [5.74, 6) is 0.277. The van der Waals surface area contributed by atoms with Gasteiger partial charge in [0.05, 0.1) is 11.7 Å². The van der Waals surface area contributed by atoms with E-state index in [4.69, 9.17) is 14.2 Å². The van der Waals surface area contributed by atoms with Gasteiger partial charge in [0.2, 0.25) is 5.91 Å². The third kappa shape index (κ3) is 6.16. The molecule has 8 heteroatoms. The summed E-state index contributed by atoms with van der Waals surface area (Å²) in [6.07, 6.45) is -0.0741. The molecule has 1 aromatic carbocycles. The van der Waals surface area contributed by atoms with Crippen LogP contribution in [0.25, 0.3) is 0 Å². The Morgan fingerprint density at radius 1 is 1.24 bits per heavy atom. The fourth-order valence-electron chi connectivity index (χ4n) is 3.36. The quantitative estimate of drug-likeness (QED) is 0.819. The van der Waals surface area contributed by atoms with Crippen LogP contribution in [0.4, 0.5) is 5.69 Å². The molecule has 0 saturated heterocycles. The molecule has 0 spiro atoms. The molecule has 0 fully saturated rings. The minimum Gasteiger partial charge on any atom is -0.491 e. The second kappa shape index (κ2) is 10.6. The van der Waals surface area contributed by atoms with E-state index >= 15 is 0 Å². The molecule has 1 aromatic rings. The number of ether oxygens (including phenoxy) is 3. The molecule has 29 heavy (non-hydrogen) atoms. The van der Waals surface area contributed by atoms with Gasteiger partial charge in [-0.25, -0.2) is 0 Å². The Kier molecular flexibility index (Phi) is 8.43. The van der Waals surface area contributed by atoms with Crippen molar-refractivity contribution in [2.24, 2.45) is 5.92 Å². The van der Waals surface area contributed by atoms with Gasteiger partial charge >= 0.3 is 0 Å². The molecule has 1 aliphatic heterocycles. The maximum absolute atomic E-state index is 13.1. The smallest absolute Gasteiger partial charge is 0.257 e. The zero-order valence-corrected chi connectivity index (χ0v) is 18.2. The summed E-state index contributed by atoms with van der Waals surface area (Å²) in [5.41, 5.74) is 1.01. The number of carbonyl (C=O) groups excluding carboxylic acids is 2. The van der Waals surface area contributed by atoms with Crippen molar-refractivity contribution in [1.82, 2.24) is 9.80 Å². The van der Waals surface area contributed by atoms with Crippen molar-refractivity contribution in [1.29, 1.82) is 0 Å². The Balaban J connectivity index is 2.35. The van der Waals surface area contributed by atoms with Crippen LogP contribution in [-0.4, -0.2) is 88.4 Å². The van der Waals surface area contributed by atoms with Crippen LogP contribution in [0, 0.1) is 5.92 Å². The number of benzene rings is 1. The zero-order chi connectivity index (χ0) is 21.6. The van der Waals surface area contributed by atoms with E-state index in [1.807, 2.05) is 0 Å². The highest BCUT2D eigenvalue weighted by Gasteiger charge is 2.27. The summed E-state index contributed by atoms with van der Waals surface area (Å²) in [5, 5.41) is 2.75. The third-order valence-corrected chi connectivity index (χ3v) is 5.32. The molecule has 1 aliphatic rings. The van der Waals surface area contributed by atoms with Crippen molar-refractivity contribution in [2.45, 2.75) is 26.0 Å². The van der Waals surface area contributed by atoms with E-state index in [1.165, 1.54) is 7.11 Å². The number of hydrogen-bond donors (Lipinski definition) is 1. The van der Waals surface area contributed by atoms with Crippen LogP contribution in [-0.2, 0) is 14.3 Å². The van der Waals surface area contributed by atoms with Gasteiger partial charge in [-0.1, -0.05) is 6.92 Å². The van der Waals surface area contributed by atoms with E-state index in [0.717, 1.165) is 6.54 Å². The maximum atomic E-state index is 13.1. The van der Waals surface area contributed by atoms with Gasteiger partial charge < -0.3 is 24.4 Å². The number of likely N-dealkylation sites (N-methyl/N-ethyl adjacent to an activating group) is 2. The average molecular weight is 408 g/mol. The Morgan fingerprint density at radius 2 is 1.97 bits per heavy atom. The lowest BCUT2D eigenvalue weighted by atomic mass is 10.0. The van der Waals surface area contributed by atoms with Gasteiger partial charge in [0, 0.05) is 52.2 Å². The van der Waals surface area contributed by atoms with E-state index in [1.54, 1.807) is 37.3 Å². The highest BCUT2D eigenvalue weighted by Crippen LogP contribution is 2.26. The first-order chi connectivity index (χ1) is 13.8. The Morgan fingerprint density at radius 3 is 2.62 bits per heavy atom. The number of methoxy groups -OCH3 is 2. The van der Waals surface area contributed by atoms with E-state index in [0.29, 0.717) is 30.2 Å². The van der Waals surface area contributed by atoms with Crippen molar-refractivity contribution in [3.05, 3.63) is 23.8 Å². The van der Waals surface area contributed by atoms with Gasteiger partial charge in [0.25, 0.3) is 5.91 Å². The fourth-order valence-corrected chi connectivity index (χ4v) is 3.36. The molecule has 1 N–H and O–H groups in total. The number of anilines is 1. The van der Waals surface area contributed by atoms with Crippen LogP contribution in [0.5, 0.6) is 5.75 Å². The first-order valence-electron chi connectivity index (χ1n) is 9.80. The Labute approximate surface area is 173 Å². The van der Waals surface area contributed by atoms with Crippen LogP contribution in [0.2, 0.25) is 0 Å². The highest BCUT2D eigenvalue weighted by atomic mass is 16.5. The molecule has 0 aliphatic carbocycles. The predicted molar refractivity (Wildman–Crippen MR) is 111 cm³/mol. The minimum absolute atomic E-state index is 0.0436. The van der Waals surface area contributed by atoms with Gasteiger partial charge in [0.1, 0.15) is 19.0 Å². The van der Waals surface area contributed by atoms with Crippen molar-refractivity contribution >= 4 is 17.5 Å². The topological polar surface area (TPSA) is 80.3 Å². The van der Waals surface area contributed by atoms with Crippen LogP contribution in [0.3, 0.4) is 0 Å². The van der Waals surface area contributed by atoms with Gasteiger partial charge in [-0.2, -0.15) is 0 Å². The average Bonchev–Trinajstić information content (AvgIpc) is 2.68. The van der Waals surface area contributed by atoms with Crippen LogP contribution in [0.15, 0.2) is 18.2 Å². The van der Waals surface area contributed by atoms with Crippen molar-refractivity contribution in [2.75, 3.05) is 59.9 Å². The Bertz CT molecular complexity index is 712. The van der Waals surface area contributed by atoms with E-state index in [2.05, 4.69) is 31.1 Å². The second-order valence-electron chi connectivity index (χ2n) is 7.73. The largest absolute Gasteiger partial charge is 0.491 e. The molecule has 0 bridgehead atoms. The van der Waals surface area contributed by atoms with Gasteiger partial charge in [-0.15, -0.1) is 0 Å². The summed E-state index contributed by atoms with van der Waals surface area (Å²) in [6.45, 7) is 5.89. The van der Waals surface area contributed by atoms with Crippen molar-refractivity contribution in [3.63, 3.8) is 0 Å². The van der Waals surface area contributed by atoms with Crippen molar-refractivity contribution < 1.29 is 23.8 Å². The number of carbonyl (C=O) groups is 2. The zero-order valence-electron chi connectivity index (χ0n) is 18.2. The van der Waals surface area contributed by atoms with Crippen LogP contribution in [0.1, 0.15) is 24.2 Å². The molecule has 0 saturated carbocycles. The summed E-state index contributed by atoms with van der Waals surface area (Å²) < 4.78 is 16.5. The molecular formula is C21H33N3O5. The molecule has 0 unspecified atom stereocenters. The van der Waals surface area contributed by atoms with E-state index in [-0.39, 0.29) is 36.5 Å². The lowest BCUT2D eigenvalue weighted by Gasteiger charge is -2.34. The van der Waals surface area contributed by atoms with Crippen LogP contribution >= 0.6 is 0 Å². The fraction of sp³-hybridized carbons (Fsp3) is 0.619. The molecule has 0 radical (unpaired) electrons. The first-order valence-corrected chi connectivity index (χ1v) is 9.80. The molecule has 2 amide bonds. The lowest BCUT2D eigenvalue weighted by molar-refractivity contribution is -0.119. The monoisotopic (exact) mass is 407 g/mol. The minimum atomic E-state index is -0.269. The molecule has 8 nitrogen and oxygen atoms in total. The van der Waals surface area contributed by atoms with Crippen LogP contribution < -0.4 is 10.1 Å². The molecule has 1 heterocycles. The maximum Gasteiger partial charge on any atom is 0.257 e. The number of nitrogens with zero attached hydrogens (tertiary/aromatic N) is 2. The third-order valence-electron chi connectivity index (χ3n) is 5.32. The number of nitrogens with one attached hydrogen (secondary N) is 1. The predicted octanol–water partition coefficient (Wildman–Crippen LogP) is 1.71. The summed E-state index contributed by atoms with van der Waals surface area (Å²) in [7, 11) is 6.96. The summed E-state index contributed by atoms with van der Waals surface area (Å²) >= 11 is 0. The normalized spacial score (nSPS) is 24.1. The number of fused-ring (bicyclic) bond motifs is 1. The summed E-state index contributed by atoms with van der Waals surface area (Å²) in [6, 6.07) is 5.20. The SMILES string of the molecule is COCC(=O)Nc1ccc2c(c1)OC[C@H](C)N(C)C[C@H](C)[C@H](OC)CN(C)C2=O. The molecular weight excluding hydrogens is 374 g/mol. The molecule has 0 aromatic heterocycles. The molecule has 162 valence electrons. The van der Waals surface area contributed by atoms with Crippen molar-refractivity contribution in [3.8, 4) is 5.75 Å². The Hall–Kier alpha value is -2.16. The van der Waals surface area contributed by atoms with E-state index in [9.17, 15) is 9.59 Å². The molecule has 3 atom stereocenters. The van der Waals surface area contributed by atoms with Gasteiger partial charge in [-0.3, -0.25) is 14.5 Å². The lowest BCUT2D eigenvalue weighted by Crippen LogP contribution is -2.45. The van der Waals surface area contributed by atoms with E-state index < -0.39 is 0 Å². The molecule has 2 rings (SSSR count). The summed E-state index contributed by atoms with van der Waals surface area (Å²) in [4.78, 5) is 28.8. The first kappa shape index (κ1) is 23.1. The number of rotatable bonds is 4.